The number of ether oxygens (including phenoxy) is 1. The molecule has 134 valence electrons. The molecule has 5 nitrogen and oxygen atoms in total. The molecule has 1 aliphatic rings. The van der Waals surface area contributed by atoms with E-state index in [0.29, 0.717) is 5.56 Å². The summed E-state index contributed by atoms with van der Waals surface area (Å²) >= 11 is 0. The molecule has 0 unspecified atom stereocenters. The van der Waals surface area contributed by atoms with Gasteiger partial charge in [0.15, 0.2) is 5.75 Å². The number of rotatable bonds is 4. The van der Waals surface area contributed by atoms with Crippen molar-refractivity contribution in [3.05, 3.63) is 42.2 Å². The standard InChI is InChI=1S/C17H18F3N3O2/c18-17(19,20)25-15-9-5-4-8-14(15)22-16(24)12-10-21-23(11-12)13-6-2-1-3-7-13/h4-5,8-11,13H,1-3,6-7H2,(H,22,24). The first-order valence-corrected chi connectivity index (χ1v) is 8.13. The van der Waals surface area contributed by atoms with Crippen LogP contribution >= 0.6 is 0 Å². The fraction of sp³-hybridized carbons (Fsp3) is 0.412. The van der Waals surface area contributed by atoms with Gasteiger partial charge in [-0.3, -0.25) is 9.48 Å². The zero-order valence-electron chi connectivity index (χ0n) is 13.4. The Bertz CT molecular complexity index is 737. The average molecular weight is 353 g/mol. The number of halogens is 3. The summed E-state index contributed by atoms with van der Waals surface area (Å²) in [6.45, 7) is 0. The summed E-state index contributed by atoms with van der Waals surface area (Å²) in [5.74, 6) is -0.983. The van der Waals surface area contributed by atoms with E-state index in [9.17, 15) is 18.0 Å². The number of carbonyl (C=O) groups excluding carboxylic acids is 1. The number of hydrogen-bond acceptors (Lipinski definition) is 3. The summed E-state index contributed by atoms with van der Waals surface area (Å²) < 4.78 is 43.0. The third kappa shape index (κ3) is 4.52. The number of nitrogens with zero attached hydrogens (tertiary/aromatic N) is 2. The Morgan fingerprint density at radius 2 is 1.92 bits per heavy atom. The summed E-state index contributed by atoms with van der Waals surface area (Å²) in [5, 5.41) is 6.68. The molecule has 0 bridgehead atoms. The summed E-state index contributed by atoms with van der Waals surface area (Å²) in [6, 6.07) is 5.69. The molecule has 0 aliphatic heterocycles. The van der Waals surface area contributed by atoms with Crippen molar-refractivity contribution in [2.75, 3.05) is 5.32 Å². The molecule has 2 aromatic rings. The lowest BCUT2D eigenvalue weighted by Crippen LogP contribution is -2.19. The van der Waals surface area contributed by atoms with Gasteiger partial charge in [-0.25, -0.2) is 0 Å². The summed E-state index contributed by atoms with van der Waals surface area (Å²) in [6.07, 6.45) is 3.75. The van der Waals surface area contributed by atoms with Crippen LogP contribution in [0.25, 0.3) is 0 Å². The van der Waals surface area contributed by atoms with E-state index < -0.39 is 18.0 Å². The van der Waals surface area contributed by atoms with Gasteiger partial charge in [-0.15, -0.1) is 13.2 Å². The molecule has 1 N–H and O–H groups in total. The minimum absolute atomic E-state index is 0.0461. The quantitative estimate of drug-likeness (QED) is 0.878. The Morgan fingerprint density at radius 1 is 1.20 bits per heavy atom. The maximum Gasteiger partial charge on any atom is 0.573 e. The van der Waals surface area contributed by atoms with Gasteiger partial charge in [0, 0.05) is 6.20 Å². The summed E-state index contributed by atoms with van der Waals surface area (Å²) in [7, 11) is 0. The van der Waals surface area contributed by atoms with Crippen LogP contribution in [0, 0.1) is 0 Å². The SMILES string of the molecule is O=C(Nc1ccccc1OC(F)(F)F)c1cnn(C2CCCCC2)c1. The second-order valence-electron chi connectivity index (χ2n) is 6.00. The molecule has 1 aliphatic carbocycles. The topological polar surface area (TPSA) is 56.1 Å². The Hall–Kier alpha value is -2.51. The number of anilines is 1. The van der Waals surface area contributed by atoms with Crippen molar-refractivity contribution < 1.29 is 22.7 Å². The van der Waals surface area contributed by atoms with E-state index in [-0.39, 0.29) is 11.7 Å². The first-order valence-electron chi connectivity index (χ1n) is 8.13. The molecule has 1 saturated carbocycles. The van der Waals surface area contributed by atoms with E-state index in [1.807, 2.05) is 0 Å². The first-order chi connectivity index (χ1) is 11.9. The van der Waals surface area contributed by atoms with Crippen LogP contribution in [-0.2, 0) is 0 Å². The molecule has 1 amide bonds. The van der Waals surface area contributed by atoms with Crippen LogP contribution < -0.4 is 10.1 Å². The minimum atomic E-state index is -4.83. The highest BCUT2D eigenvalue weighted by molar-refractivity contribution is 6.04. The van der Waals surface area contributed by atoms with E-state index in [0.717, 1.165) is 31.7 Å². The second kappa shape index (κ2) is 7.16. The number of alkyl halides is 3. The third-order valence-corrected chi connectivity index (χ3v) is 4.17. The van der Waals surface area contributed by atoms with Crippen LogP contribution in [0.4, 0.5) is 18.9 Å². The highest BCUT2D eigenvalue weighted by Crippen LogP contribution is 2.31. The van der Waals surface area contributed by atoms with Gasteiger partial charge < -0.3 is 10.1 Å². The molecule has 1 aromatic heterocycles. The maximum atomic E-state index is 12.4. The van der Waals surface area contributed by atoms with Crippen LogP contribution in [0.3, 0.4) is 0 Å². The van der Waals surface area contributed by atoms with Crippen LogP contribution in [-0.4, -0.2) is 22.1 Å². The van der Waals surface area contributed by atoms with E-state index in [1.165, 1.54) is 30.8 Å². The molecular weight excluding hydrogens is 335 g/mol. The number of aromatic nitrogens is 2. The second-order valence-corrected chi connectivity index (χ2v) is 6.00. The zero-order valence-corrected chi connectivity index (χ0v) is 13.4. The Labute approximate surface area is 142 Å². The maximum absolute atomic E-state index is 12.4. The van der Waals surface area contributed by atoms with Crippen molar-refractivity contribution in [2.45, 2.75) is 44.5 Å². The number of carbonyl (C=O) groups is 1. The van der Waals surface area contributed by atoms with Crippen molar-refractivity contribution >= 4 is 11.6 Å². The molecule has 0 spiro atoms. The Morgan fingerprint density at radius 3 is 2.64 bits per heavy atom. The molecule has 3 rings (SSSR count). The zero-order chi connectivity index (χ0) is 17.9. The van der Waals surface area contributed by atoms with Gasteiger partial charge in [0.05, 0.1) is 23.5 Å². The van der Waals surface area contributed by atoms with Crippen LogP contribution in [0.1, 0.15) is 48.5 Å². The monoisotopic (exact) mass is 353 g/mol. The molecular formula is C17H18F3N3O2. The van der Waals surface area contributed by atoms with Gasteiger partial charge in [-0.1, -0.05) is 31.4 Å². The van der Waals surface area contributed by atoms with Gasteiger partial charge >= 0.3 is 6.36 Å². The van der Waals surface area contributed by atoms with Crippen molar-refractivity contribution in [1.82, 2.24) is 9.78 Å². The van der Waals surface area contributed by atoms with E-state index in [2.05, 4.69) is 15.2 Å². The van der Waals surface area contributed by atoms with Gasteiger partial charge in [0.25, 0.3) is 5.91 Å². The molecule has 1 fully saturated rings. The molecule has 0 atom stereocenters. The fourth-order valence-corrected chi connectivity index (χ4v) is 2.98. The van der Waals surface area contributed by atoms with E-state index >= 15 is 0 Å². The normalized spacial score (nSPS) is 15.8. The fourth-order valence-electron chi connectivity index (χ4n) is 2.98. The molecule has 25 heavy (non-hydrogen) atoms. The molecule has 0 radical (unpaired) electrons. The van der Waals surface area contributed by atoms with Gasteiger partial charge in [0.2, 0.25) is 0 Å². The molecule has 8 heteroatoms. The van der Waals surface area contributed by atoms with Crippen LogP contribution in [0.5, 0.6) is 5.75 Å². The van der Waals surface area contributed by atoms with Gasteiger partial charge in [-0.2, -0.15) is 5.10 Å². The third-order valence-electron chi connectivity index (χ3n) is 4.17. The lowest BCUT2D eigenvalue weighted by Gasteiger charge is -2.21. The Balaban J connectivity index is 1.71. The lowest BCUT2D eigenvalue weighted by atomic mass is 9.96. The van der Waals surface area contributed by atoms with Gasteiger partial charge in [-0.05, 0) is 25.0 Å². The van der Waals surface area contributed by atoms with E-state index in [4.69, 9.17) is 0 Å². The van der Waals surface area contributed by atoms with Crippen LogP contribution in [0.2, 0.25) is 0 Å². The van der Waals surface area contributed by atoms with Crippen molar-refractivity contribution in [1.29, 1.82) is 0 Å². The van der Waals surface area contributed by atoms with Gasteiger partial charge in [0.1, 0.15) is 0 Å². The van der Waals surface area contributed by atoms with Crippen molar-refractivity contribution in [3.63, 3.8) is 0 Å². The lowest BCUT2D eigenvalue weighted by molar-refractivity contribution is -0.274. The number of benzene rings is 1. The average Bonchev–Trinajstić information content (AvgIpc) is 3.06. The molecule has 1 aromatic carbocycles. The highest BCUT2D eigenvalue weighted by atomic mass is 19.4. The predicted molar refractivity (Wildman–Crippen MR) is 85.4 cm³/mol. The smallest absolute Gasteiger partial charge is 0.404 e. The van der Waals surface area contributed by atoms with Crippen molar-refractivity contribution in [3.8, 4) is 5.75 Å². The highest BCUT2D eigenvalue weighted by Gasteiger charge is 2.32. The molecule has 1 heterocycles. The number of amides is 1. The molecule has 0 saturated heterocycles. The van der Waals surface area contributed by atoms with E-state index in [1.54, 1.807) is 10.9 Å². The Kier molecular flexibility index (Phi) is 4.96. The van der Waals surface area contributed by atoms with Crippen LogP contribution in [0.15, 0.2) is 36.7 Å². The predicted octanol–water partition coefficient (Wildman–Crippen LogP) is 4.54. The van der Waals surface area contributed by atoms with Crippen molar-refractivity contribution in [2.24, 2.45) is 0 Å². The number of hydrogen-bond donors (Lipinski definition) is 1. The first kappa shape index (κ1) is 17.3. The summed E-state index contributed by atoms with van der Waals surface area (Å²) in [4.78, 5) is 12.3. The minimum Gasteiger partial charge on any atom is -0.404 e. The largest absolute Gasteiger partial charge is 0.573 e. The summed E-state index contributed by atoms with van der Waals surface area (Å²) in [5.41, 5.74) is 0.252. The number of para-hydroxylation sites is 2. The number of nitrogens with one attached hydrogen (secondary N) is 1.